The Labute approximate surface area is 59.9 Å². The molecule has 1 N–H and O–H groups in total. The zero-order valence-corrected chi connectivity index (χ0v) is 6.04. The Morgan fingerprint density at radius 1 is 1.80 bits per heavy atom. The first kappa shape index (κ1) is 7.69. The second-order valence-corrected chi connectivity index (χ2v) is 3.04. The van der Waals surface area contributed by atoms with Gasteiger partial charge in [0.1, 0.15) is 11.9 Å². The van der Waals surface area contributed by atoms with Gasteiger partial charge in [0, 0.05) is 5.92 Å². The third kappa shape index (κ3) is 1.07. The van der Waals surface area contributed by atoms with E-state index in [2.05, 4.69) is 4.89 Å². The van der Waals surface area contributed by atoms with E-state index in [1.165, 1.54) is 0 Å². The first-order chi connectivity index (χ1) is 4.73. The maximum atomic E-state index is 10.4. The van der Waals surface area contributed by atoms with Crippen LogP contribution in [0.1, 0.15) is 26.2 Å². The van der Waals surface area contributed by atoms with Crippen LogP contribution < -0.4 is 0 Å². The summed E-state index contributed by atoms with van der Waals surface area (Å²) in [4.78, 5) is 14.7. The van der Waals surface area contributed by atoms with Crippen LogP contribution >= 0.6 is 0 Å². The molecule has 1 saturated carbocycles. The quantitative estimate of drug-likeness (QED) is 0.360. The van der Waals surface area contributed by atoms with E-state index in [9.17, 15) is 4.79 Å². The van der Waals surface area contributed by atoms with Crippen LogP contribution in [0, 0.1) is 5.92 Å². The molecule has 0 aromatic carbocycles. The molecule has 10 heavy (non-hydrogen) atoms. The minimum absolute atomic E-state index is 0.127. The maximum Gasteiger partial charge on any atom is 0.126 e. The standard InChI is InChI=1S/C7H12O3/c1-7(10-9)4-2-3-6(7)5-8/h5-6,9H,2-4H2,1H3. The van der Waals surface area contributed by atoms with Crippen molar-refractivity contribution in [3.63, 3.8) is 0 Å². The fourth-order valence-electron chi connectivity index (χ4n) is 1.49. The van der Waals surface area contributed by atoms with E-state index in [1.807, 2.05) is 0 Å². The van der Waals surface area contributed by atoms with Crippen molar-refractivity contribution in [2.24, 2.45) is 5.92 Å². The van der Waals surface area contributed by atoms with Crippen LogP contribution in [-0.4, -0.2) is 17.1 Å². The van der Waals surface area contributed by atoms with Crippen molar-refractivity contribution in [1.29, 1.82) is 0 Å². The Balaban J connectivity index is 2.64. The molecule has 0 aromatic rings. The van der Waals surface area contributed by atoms with Crippen molar-refractivity contribution < 1.29 is 14.9 Å². The molecule has 0 radical (unpaired) electrons. The summed E-state index contributed by atoms with van der Waals surface area (Å²) in [6.45, 7) is 1.76. The zero-order chi connectivity index (χ0) is 7.61. The lowest BCUT2D eigenvalue weighted by molar-refractivity contribution is -0.323. The number of hydrogen-bond acceptors (Lipinski definition) is 3. The van der Waals surface area contributed by atoms with E-state index in [4.69, 9.17) is 5.26 Å². The maximum absolute atomic E-state index is 10.4. The lowest BCUT2D eigenvalue weighted by atomic mass is 9.95. The van der Waals surface area contributed by atoms with Crippen LogP contribution in [0.5, 0.6) is 0 Å². The summed E-state index contributed by atoms with van der Waals surface area (Å²) in [7, 11) is 0. The van der Waals surface area contributed by atoms with E-state index in [1.54, 1.807) is 6.92 Å². The van der Waals surface area contributed by atoms with Crippen molar-refractivity contribution in [3.05, 3.63) is 0 Å². The molecule has 0 aliphatic heterocycles. The molecular formula is C7H12O3. The van der Waals surface area contributed by atoms with Gasteiger partial charge >= 0.3 is 0 Å². The molecule has 0 saturated heterocycles. The highest BCUT2D eigenvalue weighted by Gasteiger charge is 2.40. The molecule has 0 spiro atoms. The molecule has 3 heteroatoms. The number of aldehydes is 1. The van der Waals surface area contributed by atoms with Crippen LogP contribution in [0.2, 0.25) is 0 Å². The highest BCUT2D eigenvalue weighted by Crippen LogP contribution is 2.36. The van der Waals surface area contributed by atoms with Crippen LogP contribution in [-0.2, 0) is 9.68 Å². The minimum atomic E-state index is -0.609. The van der Waals surface area contributed by atoms with Gasteiger partial charge < -0.3 is 4.79 Å². The van der Waals surface area contributed by atoms with Gasteiger partial charge in [-0.25, -0.2) is 4.89 Å². The molecule has 2 unspecified atom stereocenters. The second kappa shape index (κ2) is 2.68. The van der Waals surface area contributed by atoms with Crippen molar-refractivity contribution in [3.8, 4) is 0 Å². The summed E-state index contributed by atoms with van der Waals surface area (Å²) < 4.78 is 0. The average molecular weight is 144 g/mol. The molecule has 0 amide bonds. The summed E-state index contributed by atoms with van der Waals surface area (Å²) in [5.74, 6) is -0.127. The molecule has 0 heterocycles. The number of rotatable bonds is 2. The van der Waals surface area contributed by atoms with Gasteiger partial charge in [0.05, 0.1) is 0 Å². The molecule has 1 rings (SSSR count). The fraction of sp³-hybridized carbons (Fsp3) is 0.857. The molecule has 2 atom stereocenters. The lowest BCUT2D eigenvalue weighted by Gasteiger charge is -2.23. The number of hydrogen-bond donors (Lipinski definition) is 1. The van der Waals surface area contributed by atoms with Crippen LogP contribution in [0.15, 0.2) is 0 Å². The molecule has 1 aliphatic carbocycles. The average Bonchev–Trinajstić information content (AvgIpc) is 2.32. The molecule has 1 aliphatic rings. The Morgan fingerprint density at radius 2 is 2.50 bits per heavy atom. The Morgan fingerprint density at radius 3 is 2.90 bits per heavy atom. The fourth-order valence-corrected chi connectivity index (χ4v) is 1.49. The van der Waals surface area contributed by atoms with E-state index in [0.717, 1.165) is 25.5 Å². The Hall–Kier alpha value is -0.410. The highest BCUT2D eigenvalue weighted by atomic mass is 17.1. The van der Waals surface area contributed by atoms with Crippen molar-refractivity contribution in [2.75, 3.05) is 0 Å². The molecule has 58 valence electrons. The van der Waals surface area contributed by atoms with Crippen molar-refractivity contribution in [1.82, 2.24) is 0 Å². The summed E-state index contributed by atoms with van der Waals surface area (Å²) in [5, 5.41) is 8.47. The normalized spacial score (nSPS) is 40.0. The summed E-state index contributed by atoms with van der Waals surface area (Å²) in [6, 6.07) is 0. The van der Waals surface area contributed by atoms with Gasteiger partial charge in [-0.1, -0.05) is 0 Å². The van der Waals surface area contributed by atoms with Gasteiger partial charge in [-0.05, 0) is 26.2 Å². The van der Waals surface area contributed by atoms with Gasteiger partial charge in [-0.3, -0.25) is 5.26 Å². The molecule has 3 nitrogen and oxygen atoms in total. The van der Waals surface area contributed by atoms with Crippen LogP contribution in [0.25, 0.3) is 0 Å². The van der Waals surface area contributed by atoms with Crippen LogP contribution in [0.3, 0.4) is 0 Å². The topological polar surface area (TPSA) is 46.5 Å². The van der Waals surface area contributed by atoms with Gasteiger partial charge in [0.2, 0.25) is 0 Å². The molecule has 1 fully saturated rings. The first-order valence-electron chi connectivity index (χ1n) is 3.51. The molecular weight excluding hydrogens is 132 g/mol. The van der Waals surface area contributed by atoms with Gasteiger partial charge in [0.15, 0.2) is 0 Å². The van der Waals surface area contributed by atoms with E-state index in [-0.39, 0.29) is 5.92 Å². The van der Waals surface area contributed by atoms with Gasteiger partial charge in [-0.15, -0.1) is 0 Å². The lowest BCUT2D eigenvalue weighted by Crippen LogP contribution is -2.32. The summed E-state index contributed by atoms with van der Waals surface area (Å²) in [6.07, 6.45) is 3.43. The minimum Gasteiger partial charge on any atom is -0.303 e. The van der Waals surface area contributed by atoms with Crippen molar-refractivity contribution in [2.45, 2.75) is 31.8 Å². The largest absolute Gasteiger partial charge is 0.303 e. The predicted octanol–water partition coefficient (Wildman–Crippen LogP) is 1.23. The van der Waals surface area contributed by atoms with E-state index < -0.39 is 5.60 Å². The van der Waals surface area contributed by atoms with Gasteiger partial charge in [-0.2, -0.15) is 0 Å². The third-order valence-corrected chi connectivity index (χ3v) is 2.35. The van der Waals surface area contributed by atoms with E-state index in [0.29, 0.717) is 0 Å². The second-order valence-electron chi connectivity index (χ2n) is 3.04. The molecule has 0 aromatic heterocycles. The van der Waals surface area contributed by atoms with Gasteiger partial charge in [0.25, 0.3) is 0 Å². The Kier molecular flexibility index (Phi) is 2.06. The SMILES string of the molecule is CC1(OO)CCCC1C=O. The molecule has 0 bridgehead atoms. The Bertz CT molecular complexity index is 135. The van der Waals surface area contributed by atoms with Crippen molar-refractivity contribution >= 4 is 6.29 Å². The zero-order valence-electron chi connectivity index (χ0n) is 6.04. The first-order valence-corrected chi connectivity index (χ1v) is 3.51. The van der Waals surface area contributed by atoms with Crippen LogP contribution in [0.4, 0.5) is 0 Å². The number of carbonyl (C=O) groups excluding carboxylic acids is 1. The third-order valence-electron chi connectivity index (χ3n) is 2.35. The van der Waals surface area contributed by atoms with E-state index >= 15 is 0 Å². The smallest absolute Gasteiger partial charge is 0.126 e. The number of carbonyl (C=O) groups is 1. The predicted molar refractivity (Wildman–Crippen MR) is 35.5 cm³/mol. The summed E-state index contributed by atoms with van der Waals surface area (Å²) in [5.41, 5.74) is -0.609. The highest BCUT2D eigenvalue weighted by molar-refractivity contribution is 5.56. The monoisotopic (exact) mass is 144 g/mol. The summed E-state index contributed by atoms with van der Waals surface area (Å²) >= 11 is 0.